The standard InChI is InChI=1S/C13H12N4O/c1-9-7-14-11-12(15-9)17(13(18)16-11)8-10-5-3-2-4-6-10/h2-7H,8H2,1H3,(H,14,16,18). The molecule has 0 fully saturated rings. The Morgan fingerprint density at radius 1 is 1.28 bits per heavy atom. The van der Waals surface area contributed by atoms with E-state index in [2.05, 4.69) is 15.0 Å². The van der Waals surface area contributed by atoms with Crippen LogP contribution in [0.2, 0.25) is 0 Å². The highest BCUT2D eigenvalue weighted by Crippen LogP contribution is 2.08. The van der Waals surface area contributed by atoms with Crippen LogP contribution in [0.5, 0.6) is 0 Å². The van der Waals surface area contributed by atoms with Gasteiger partial charge in [-0.25, -0.2) is 14.8 Å². The van der Waals surface area contributed by atoms with Gasteiger partial charge in [-0.1, -0.05) is 30.3 Å². The van der Waals surface area contributed by atoms with Crippen molar-refractivity contribution in [3.05, 3.63) is 58.3 Å². The zero-order chi connectivity index (χ0) is 12.5. The molecule has 2 heterocycles. The van der Waals surface area contributed by atoms with E-state index in [0.717, 1.165) is 11.3 Å². The zero-order valence-electron chi connectivity index (χ0n) is 9.92. The lowest BCUT2D eigenvalue weighted by Gasteiger charge is -2.02. The van der Waals surface area contributed by atoms with Gasteiger partial charge in [0.05, 0.1) is 18.4 Å². The van der Waals surface area contributed by atoms with Crippen molar-refractivity contribution in [3.63, 3.8) is 0 Å². The first-order chi connectivity index (χ1) is 8.74. The van der Waals surface area contributed by atoms with E-state index in [-0.39, 0.29) is 5.69 Å². The molecule has 0 atom stereocenters. The van der Waals surface area contributed by atoms with Gasteiger partial charge in [0.15, 0.2) is 11.3 Å². The minimum absolute atomic E-state index is 0.181. The Morgan fingerprint density at radius 3 is 2.83 bits per heavy atom. The average Bonchev–Trinajstić information content (AvgIpc) is 2.67. The van der Waals surface area contributed by atoms with Crippen molar-refractivity contribution in [2.24, 2.45) is 0 Å². The molecule has 0 unspecified atom stereocenters. The minimum Gasteiger partial charge on any atom is -0.289 e. The zero-order valence-corrected chi connectivity index (χ0v) is 9.92. The molecule has 90 valence electrons. The SMILES string of the molecule is Cc1cnc2[nH]c(=O)n(Cc3ccccc3)c2n1. The summed E-state index contributed by atoms with van der Waals surface area (Å²) in [6.07, 6.45) is 1.64. The van der Waals surface area contributed by atoms with Crippen LogP contribution in [0.15, 0.2) is 41.3 Å². The molecule has 0 spiro atoms. The van der Waals surface area contributed by atoms with Gasteiger partial charge in [0, 0.05) is 0 Å². The Morgan fingerprint density at radius 2 is 2.06 bits per heavy atom. The number of rotatable bonds is 2. The minimum atomic E-state index is -0.181. The highest BCUT2D eigenvalue weighted by molar-refractivity contribution is 5.65. The molecule has 0 amide bonds. The number of fused-ring (bicyclic) bond motifs is 1. The van der Waals surface area contributed by atoms with E-state index in [0.29, 0.717) is 17.8 Å². The van der Waals surface area contributed by atoms with Crippen molar-refractivity contribution >= 4 is 11.3 Å². The number of hydrogen-bond donors (Lipinski definition) is 1. The molecule has 0 radical (unpaired) electrons. The Bertz CT molecular complexity index is 743. The molecule has 1 aromatic carbocycles. The van der Waals surface area contributed by atoms with Crippen LogP contribution in [0.4, 0.5) is 0 Å². The van der Waals surface area contributed by atoms with Crippen molar-refractivity contribution in [3.8, 4) is 0 Å². The molecule has 2 aromatic heterocycles. The molecule has 0 saturated carbocycles. The number of aromatic amines is 1. The molecule has 5 nitrogen and oxygen atoms in total. The molecular formula is C13H12N4O. The summed E-state index contributed by atoms with van der Waals surface area (Å²) < 4.78 is 1.60. The van der Waals surface area contributed by atoms with Crippen LogP contribution in [0.3, 0.4) is 0 Å². The fourth-order valence-corrected chi connectivity index (χ4v) is 1.92. The van der Waals surface area contributed by atoms with Gasteiger partial charge < -0.3 is 0 Å². The molecule has 0 bridgehead atoms. The topological polar surface area (TPSA) is 63.6 Å². The third kappa shape index (κ3) is 1.79. The van der Waals surface area contributed by atoms with Crippen molar-refractivity contribution in [1.82, 2.24) is 19.5 Å². The van der Waals surface area contributed by atoms with Gasteiger partial charge in [-0.05, 0) is 12.5 Å². The lowest BCUT2D eigenvalue weighted by molar-refractivity contribution is 0.777. The summed E-state index contributed by atoms with van der Waals surface area (Å²) in [4.78, 5) is 23.1. The van der Waals surface area contributed by atoms with Crippen LogP contribution in [0.25, 0.3) is 11.3 Å². The molecular weight excluding hydrogens is 228 g/mol. The van der Waals surface area contributed by atoms with E-state index in [4.69, 9.17) is 0 Å². The Hall–Kier alpha value is -2.43. The number of nitrogens with zero attached hydrogens (tertiary/aromatic N) is 3. The number of hydrogen-bond acceptors (Lipinski definition) is 3. The van der Waals surface area contributed by atoms with Gasteiger partial charge in [-0.2, -0.15) is 0 Å². The number of aryl methyl sites for hydroxylation is 1. The predicted molar refractivity (Wildman–Crippen MR) is 68.4 cm³/mol. The Kier molecular flexibility index (Phi) is 2.44. The van der Waals surface area contributed by atoms with E-state index in [1.165, 1.54) is 0 Å². The van der Waals surface area contributed by atoms with Crippen LogP contribution in [-0.4, -0.2) is 19.5 Å². The van der Waals surface area contributed by atoms with Gasteiger partial charge in [-0.15, -0.1) is 0 Å². The monoisotopic (exact) mass is 240 g/mol. The summed E-state index contributed by atoms with van der Waals surface area (Å²) in [5, 5.41) is 0. The van der Waals surface area contributed by atoms with Gasteiger partial charge in [0.1, 0.15) is 0 Å². The number of benzene rings is 1. The van der Waals surface area contributed by atoms with E-state index in [1.807, 2.05) is 37.3 Å². The highest BCUT2D eigenvalue weighted by Gasteiger charge is 2.09. The maximum Gasteiger partial charge on any atom is 0.329 e. The van der Waals surface area contributed by atoms with Crippen molar-refractivity contribution < 1.29 is 0 Å². The molecule has 0 aliphatic rings. The molecule has 0 saturated heterocycles. The second-order valence-electron chi connectivity index (χ2n) is 4.19. The molecule has 0 aliphatic heterocycles. The molecule has 3 rings (SSSR count). The molecule has 1 N–H and O–H groups in total. The first-order valence-corrected chi connectivity index (χ1v) is 5.70. The smallest absolute Gasteiger partial charge is 0.289 e. The fraction of sp³-hybridized carbons (Fsp3) is 0.154. The molecule has 3 aromatic rings. The number of imidazole rings is 1. The number of nitrogens with one attached hydrogen (secondary N) is 1. The second kappa shape index (κ2) is 4.10. The quantitative estimate of drug-likeness (QED) is 0.737. The second-order valence-corrected chi connectivity index (χ2v) is 4.19. The summed E-state index contributed by atoms with van der Waals surface area (Å²) >= 11 is 0. The van der Waals surface area contributed by atoms with Gasteiger partial charge in [-0.3, -0.25) is 9.55 Å². The third-order valence-electron chi connectivity index (χ3n) is 2.78. The number of H-pyrrole nitrogens is 1. The summed E-state index contributed by atoms with van der Waals surface area (Å²) in [5.41, 5.74) is 2.80. The summed E-state index contributed by atoms with van der Waals surface area (Å²) in [5.74, 6) is 0. The van der Waals surface area contributed by atoms with Crippen LogP contribution in [0.1, 0.15) is 11.3 Å². The van der Waals surface area contributed by atoms with Crippen molar-refractivity contribution in [2.75, 3.05) is 0 Å². The van der Waals surface area contributed by atoms with Crippen molar-refractivity contribution in [1.29, 1.82) is 0 Å². The number of aromatic nitrogens is 4. The van der Waals surface area contributed by atoms with Gasteiger partial charge in [0.25, 0.3) is 0 Å². The van der Waals surface area contributed by atoms with Crippen LogP contribution >= 0.6 is 0 Å². The van der Waals surface area contributed by atoms with E-state index < -0.39 is 0 Å². The van der Waals surface area contributed by atoms with E-state index in [9.17, 15) is 4.79 Å². The Balaban J connectivity index is 2.14. The summed E-state index contributed by atoms with van der Waals surface area (Å²) in [6, 6.07) is 9.81. The van der Waals surface area contributed by atoms with Crippen LogP contribution < -0.4 is 5.69 Å². The molecule has 0 aliphatic carbocycles. The van der Waals surface area contributed by atoms with Gasteiger partial charge in [0.2, 0.25) is 0 Å². The van der Waals surface area contributed by atoms with Crippen LogP contribution in [0, 0.1) is 6.92 Å². The summed E-state index contributed by atoms with van der Waals surface area (Å²) in [6.45, 7) is 2.36. The van der Waals surface area contributed by atoms with Crippen LogP contribution in [-0.2, 0) is 6.54 Å². The largest absolute Gasteiger partial charge is 0.329 e. The normalized spacial score (nSPS) is 10.9. The maximum atomic E-state index is 11.9. The first-order valence-electron chi connectivity index (χ1n) is 5.70. The van der Waals surface area contributed by atoms with Crippen molar-refractivity contribution in [2.45, 2.75) is 13.5 Å². The lowest BCUT2D eigenvalue weighted by atomic mass is 10.2. The highest BCUT2D eigenvalue weighted by atomic mass is 16.1. The summed E-state index contributed by atoms with van der Waals surface area (Å²) in [7, 11) is 0. The molecule has 5 heteroatoms. The Labute approximate surface area is 103 Å². The predicted octanol–water partition coefficient (Wildman–Crippen LogP) is 1.48. The fourth-order valence-electron chi connectivity index (χ4n) is 1.92. The lowest BCUT2D eigenvalue weighted by Crippen LogP contribution is -2.17. The third-order valence-corrected chi connectivity index (χ3v) is 2.78. The molecule has 18 heavy (non-hydrogen) atoms. The average molecular weight is 240 g/mol. The van der Waals surface area contributed by atoms with Gasteiger partial charge >= 0.3 is 5.69 Å². The maximum absolute atomic E-state index is 11.9. The van der Waals surface area contributed by atoms with E-state index >= 15 is 0 Å². The van der Waals surface area contributed by atoms with E-state index in [1.54, 1.807) is 10.8 Å². The first kappa shape index (κ1) is 10.7.